The highest BCUT2D eigenvalue weighted by molar-refractivity contribution is 6.62. The fourth-order valence-corrected chi connectivity index (χ4v) is 4.26. The van der Waals surface area contributed by atoms with Gasteiger partial charge in [-0.15, -0.1) is 0 Å². The summed E-state index contributed by atoms with van der Waals surface area (Å²) >= 11 is 0. The number of imide groups is 1. The number of amides is 2. The van der Waals surface area contributed by atoms with Crippen LogP contribution in [0.15, 0.2) is 84.0 Å². The largest absolute Gasteiger partial charge is 0.456 e. The van der Waals surface area contributed by atoms with E-state index in [1.54, 1.807) is 66.7 Å². The summed E-state index contributed by atoms with van der Waals surface area (Å²) < 4.78 is 10.6. The molecule has 3 aromatic carbocycles. The van der Waals surface area contributed by atoms with Crippen LogP contribution >= 0.6 is 0 Å². The lowest BCUT2D eigenvalue weighted by molar-refractivity contribution is -0.142. The van der Waals surface area contributed by atoms with Crippen LogP contribution in [-0.2, 0) is 32.3 Å². The number of hydrogen-bond acceptors (Lipinski definition) is 8. The van der Waals surface area contributed by atoms with Gasteiger partial charge in [0.1, 0.15) is 13.2 Å². The summed E-state index contributed by atoms with van der Waals surface area (Å²) in [6.45, 7) is 3.66. The zero-order valence-corrected chi connectivity index (χ0v) is 21.8. The van der Waals surface area contributed by atoms with E-state index >= 15 is 0 Å². The van der Waals surface area contributed by atoms with Gasteiger partial charge in [-0.05, 0) is 36.1 Å². The molecule has 1 N–H and O–H groups in total. The highest BCUT2D eigenvalue weighted by Crippen LogP contribution is 2.32. The summed E-state index contributed by atoms with van der Waals surface area (Å²) in [6.07, 6.45) is 1.24. The summed E-state index contributed by atoms with van der Waals surface area (Å²) in [6, 6.07) is 22.4. The van der Waals surface area contributed by atoms with Gasteiger partial charge in [-0.1, -0.05) is 80.6 Å². The van der Waals surface area contributed by atoms with Crippen LogP contribution in [0.1, 0.15) is 58.5 Å². The first-order valence-electron chi connectivity index (χ1n) is 12.7. The van der Waals surface area contributed by atoms with Crippen LogP contribution in [-0.4, -0.2) is 40.4 Å². The van der Waals surface area contributed by atoms with Crippen LogP contribution < -0.4 is 5.43 Å². The van der Waals surface area contributed by atoms with Crippen LogP contribution in [0.25, 0.3) is 0 Å². The van der Waals surface area contributed by atoms with Gasteiger partial charge in [0.15, 0.2) is 0 Å². The molecule has 0 saturated heterocycles. The second-order valence-corrected chi connectivity index (χ2v) is 8.87. The molecule has 39 heavy (non-hydrogen) atoms. The van der Waals surface area contributed by atoms with Crippen molar-refractivity contribution in [3.63, 3.8) is 0 Å². The quantitative estimate of drug-likeness (QED) is 0.126. The average molecular weight is 528 g/mol. The summed E-state index contributed by atoms with van der Waals surface area (Å²) in [7, 11) is 0. The fraction of sp³-hybridized carbons (Fsp3) is 0.233. The van der Waals surface area contributed by atoms with Crippen molar-refractivity contribution >= 4 is 35.2 Å². The zero-order valence-electron chi connectivity index (χ0n) is 21.8. The number of rotatable bonds is 11. The third-order valence-corrected chi connectivity index (χ3v) is 6.35. The smallest absolute Gasteiger partial charge is 0.366 e. The second-order valence-electron chi connectivity index (χ2n) is 8.87. The van der Waals surface area contributed by atoms with E-state index in [1.807, 2.05) is 26.0 Å². The second kappa shape index (κ2) is 12.6. The standard InChI is InChI=1S/C30H29N3O6/c1-3-22(4-2)33-27(34)23-16-11-17-24(25(23)28(33)35)31-32-26(29(36)38-18-20-12-7-5-8-13-20)30(37)39-19-21-14-9-6-10-15-21/h5-17,22,31H,3-4,18-19H2,1-2H3. The van der Waals surface area contributed by atoms with Crippen molar-refractivity contribution in [2.75, 3.05) is 5.43 Å². The molecule has 1 aliphatic heterocycles. The minimum atomic E-state index is -1.00. The number of nitrogens with zero attached hydrogens (tertiary/aromatic N) is 2. The minimum Gasteiger partial charge on any atom is -0.456 e. The van der Waals surface area contributed by atoms with Gasteiger partial charge in [0.2, 0.25) is 0 Å². The number of benzene rings is 3. The molecule has 0 unspecified atom stereocenters. The molecule has 4 rings (SSSR count). The van der Waals surface area contributed by atoms with Crippen molar-refractivity contribution in [1.29, 1.82) is 0 Å². The van der Waals surface area contributed by atoms with Gasteiger partial charge < -0.3 is 9.47 Å². The lowest BCUT2D eigenvalue weighted by atomic mass is 10.1. The molecule has 0 bridgehead atoms. The van der Waals surface area contributed by atoms with Crippen LogP contribution in [0, 0.1) is 0 Å². The van der Waals surface area contributed by atoms with Gasteiger partial charge in [-0.3, -0.25) is 19.9 Å². The predicted octanol–water partition coefficient (Wildman–Crippen LogP) is 4.73. The molecule has 0 spiro atoms. The van der Waals surface area contributed by atoms with Crippen LogP contribution in [0.4, 0.5) is 5.69 Å². The van der Waals surface area contributed by atoms with Crippen LogP contribution in [0.5, 0.6) is 0 Å². The van der Waals surface area contributed by atoms with E-state index in [0.29, 0.717) is 12.8 Å². The van der Waals surface area contributed by atoms with Crippen molar-refractivity contribution < 1.29 is 28.7 Å². The Hall–Kier alpha value is -4.79. The average Bonchev–Trinajstić information content (AvgIpc) is 3.23. The normalized spacial score (nSPS) is 12.2. The number of hydrogen-bond donors (Lipinski definition) is 1. The number of nitrogens with one attached hydrogen (secondary N) is 1. The van der Waals surface area contributed by atoms with Crippen molar-refractivity contribution in [1.82, 2.24) is 4.90 Å². The molecular weight excluding hydrogens is 498 g/mol. The van der Waals surface area contributed by atoms with E-state index in [4.69, 9.17) is 9.47 Å². The molecule has 1 heterocycles. The molecule has 0 fully saturated rings. The van der Waals surface area contributed by atoms with E-state index in [0.717, 1.165) is 11.1 Å². The monoisotopic (exact) mass is 527 g/mol. The van der Waals surface area contributed by atoms with Crippen LogP contribution in [0.3, 0.4) is 0 Å². The molecule has 0 aromatic heterocycles. The summed E-state index contributed by atoms with van der Waals surface area (Å²) in [5.74, 6) is -2.85. The Labute approximate surface area is 226 Å². The molecule has 1 aliphatic rings. The first kappa shape index (κ1) is 27.3. The number of carbonyl (C=O) groups excluding carboxylic acids is 4. The molecular formula is C30H29N3O6. The molecule has 2 amide bonds. The highest BCUT2D eigenvalue weighted by atomic mass is 16.6. The highest BCUT2D eigenvalue weighted by Gasteiger charge is 2.40. The molecule has 9 heteroatoms. The van der Waals surface area contributed by atoms with Crippen molar-refractivity contribution in [3.8, 4) is 0 Å². The third kappa shape index (κ3) is 6.20. The van der Waals surface area contributed by atoms with Gasteiger partial charge >= 0.3 is 11.9 Å². The summed E-state index contributed by atoms with van der Waals surface area (Å²) in [5, 5.41) is 4.00. The maximum Gasteiger partial charge on any atom is 0.366 e. The first-order chi connectivity index (χ1) is 18.9. The number of anilines is 1. The van der Waals surface area contributed by atoms with E-state index in [9.17, 15) is 19.2 Å². The first-order valence-corrected chi connectivity index (χ1v) is 12.7. The maximum atomic E-state index is 13.3. The van der Waals surface area contributed by atoms with Gasteiger partial charge in [-0.25, -0.2) is 9.59 Å². The summed E-state index contributed by atoms with van der Waals surface area (Å²) in [5.41, 5.74) is 4.00. The third-order valence-electron chi connectivity index (χ3n) is 6.35. The van der Waals surface area contributed by atoms with E-state index in [-0.39, 0.29) is 42.0 Å². The van der Waals surface area contributed by atoms with Gasteiger partial charge in [0.05, 0.1) is 16.8 Å². The molecule has 9 nitrogen and oxygen atoms in total. The molecule has 200 valence electrons. The molecule has 0 aliphatic carbocycles. The van der Waals surface area contributed by atoms with Gasteiger partial charge in [0, 0.05) is 6.04 Å². The number of esters is 2. The zero-order chi connectivity index (χ0) is 27.8. The van der Waals surface area contributed by atoms with Crippen molar-refractivity contribution in [2.24, 2.45) is 5.10 Å². The van der Waals surface area contributed by atoms with Crippen LogP contribution in [0.2, 0.25) is 0 Å². The van der Waals surface area contributed by atoms with Gasteiger partial charge in [-0.2, -0.15) is 5.10 Å². The Balaban J connectivity index is 1.59. The minimum absolute atomic E-state index is 0.0806. The number of fused-ring (bicyclic) bond motifs is 1. The van der Waals surface area contributed by atoms with Crippen molar-refractivity contribution in [2.45, 2.75) is 45.9 Å². The van der Waals surface area contributed by atoms with E-state index in [2.05, 4.69) is 10.5 Å². The number of carbonyl (C=O) groups is 4. The molecule has 0 saturated carbocycles. The molecule has 0 radical (unpaired) electrons. The Kier molecular flexibility index (Phi) is 8.83. The van der Waals surface area contributed by atoms with Gasteiger partial charge in [0.25, 0.3) is 17.5 Å². The Morgan fingerprint density at radius 1 is 0.769 bits per heavy atom. The topological polar surface area (TPSA) is 114 Å². The lowest BCUT2D eigenvalue weighted by Crippen LogP contribution is -2.39. The molecule has 3 aromatic rings. The Bertz CT molecular complexity index is 1330. The Morgan fingerprint density at radius 2 is 1.31 bits per heavy atom. The summed E-state index contributed by atoms with van der Waals surface area (Å²) in [4.78, 5) is 53.4. The number of ether oxygens (including phenoxy) is 2. The predicted molar refractivity (Wildman–Crippen MR) is 145 cm³/mol. The SMILES string of the molecule is CCC(CC)N1C(=O)c2cccc(NN=C(C(=O)OCc3ccccc3)C(=O)OCc3ccccc3)c2C1=O. The Morgan fingerprint density at radius 3 is 1.82 bits per heavy atom. The number of hydrazone groups is 1. The lowest BCUT2D eigenvalue weighted by Gasteiger charge is -2.23. The van der Waals surface area contributed by atoms with E-state index < -0.39 is 23.6 Å². The van der Waals surface area contributed by atoms with Crippen molar-refractivity contribution in [3.05, 3.63) is 101 Å². The molecule has 0 atom stereocenters. The fourth-order valence-electron chi connectivity index (χ4n) is 4.26. The van der Waals surface area contributed by atoms with E-state index in [1.165, 1.54) is 4.90 Å². The maximum absolute atomic E-state index is 13.3.